The Labute approximate surface area is 165 Å². The van der Waals surface area contributed by atoms with Crippen LogP contribution in [0.2, 0.25) is 0 Å². The molecule has 0 bridgehead atoms. The molecule has 7 nitrogen and oxygen atoms in total. The number of rotatable bonds is 6. The summed E-state index contributed by atoms with van der Waals surface area (Å²) in [6.45, 7) is 0. The van der Waals surface area contributed by atoms with Crippen molar-refractivity contribution in [1.82, 2.24) is 20.2 Å². The van der Waals surface area contributed by atoms with E-state index < -0.39 is 0 Å². The summed E-state index contributed by atoms with van der Waals surface area (Å²) >= 11 is 1.16. The Kier molecular flexibility index (Phi) is 5.39. The summed E-state index contributed by atoms with van der Waals surface area (Å²) in [6.07, 6.45) is 1.61. The van der Waals surface area contributed by atoms with Crippen LogP contribution in [0, 0.1) is 0 Å². The van der Waals surface area contributed by atoms with Crippen molar-refractivity contribution in [1.29, 1.82) is 0 Å². The van der Waals surface area contributed by atoms with E-state index in [1.807, 2.05) is 60.7 Å². The quantitative estimate of drug-likeness (QED) is 0.499. The minimum atomic E-state index is -0.255. The van der Waals surface area contributed by atoms with E-state index in [0.29, 0.717) is 11.1 Å². The second-order valence-corrected chi connectivity index (χ2v) is 6.63. The van der Waals surface area contributed by atoms with Gasteiger partial charge >= 0.3 is 0 Å². The highest BCUT2D eigenvalue weighted by Crippen LogP contribution is 2.23. The maximum atomic E-state index is 12.2. The Balaban J connectivity index is 1.36. The van der Waals surface area contributed by atoms with Crippen LogP contribution >= 0.6 is 11.8 Å². The van der Waals surface area contributed by atoms with Crippen molar-refractivity contribution in [3.8, 4) is 22.7 Å². The number of anilines is 1. The first-order valence-corrected chi connectivity index (χ1v) is 9.46. The van der Waals surface area contributed by atoms with Gasteiger partial charge < -0.3 is 4.42 Å². The molecule has 0 aliphatic heterocycles. The van der Waals surface area contributed by atoms with Gasteiger partial charge in [0.2, 0.25) is 17.7 Å². The van der Waals surface area contributed by atoms with Gasteiger partial charge in [-0.05, 0) is 18.2 Å². The lowest BCUT2D eigenvalue weighted by Crippen LogP contribution is -2.16. The summed E-state index contributed by atoms with van der Waals surface area (Å²) in [7, 11) is 0. The SMILES string of the molecule is O=C(CSc1nnc(-c2ccccc2)o1)Nc1nccc(-c2ccccc2)n1. The molecule has 0 radical (unpaired) electrons. The number of carbonyl (C=O) groups excluding carboxylic acids is 1. The molecule has 138 valence electrons. The first-order valence-electron chi connectivity index (χ1n) is 8.48. The monoisotopic (exact) mass is 389 g/mol. The first kappa shape index (κ1) is 17.9. The number of benzene rings is 2. The van der Waals surface area contributed by atoms with Crippen molar-refractivity contribution < 1.29 is 9.21 Å². The number of carbonyl (C=O) groups is 1. The minimum absolute atomic E-state index is 0.106. The normalized spacial score (nSPS) is 10.6. The molecule has 2 aromatic carbocycles. The van der Waals surface area contributed by atoms with E-state index in [4.69, 9.17) is 4.42 Å². The average molecular weight is 389 g/mol. The fourth-order valence-corrected chi connectivity index (χ4v) is 3.01. The summed E-state index contributed by atoms with van der Waals surface area (Å²) in [4.78, 5) is 20.7. The lowest BCUT2D eigenvalue weighted by Gasteiger charge is -2.05. The van der Waals surface area contributed by atoms with Crippen molar-refractivity contribution in [3.05, 3.63) is 72.9 Å². The Morgan fingerprint density at radius 3 is 2.39 bits per heavy atom. The summed E-state index contributed by atoms with van der Waals surface area (Å²) in [6, 6.07) is 20.9. The number of thioether (sulfide) groups is 1. The van der Waals surface area contributed by atoms with Gasteiger partial charge in [0.15, 0.2) is 0 Å². The number of nitrogens with one attached hydrogen (secondary N) is 1. The Morgan fingerprint density at radius 2 is 1.64 bits per heavy atom. The van der Waals surface area contributed by atoms with E-state index in [1.54, 1.807) is 12.3 Å². The average Bonchev–Trinajstić information content (AvgIpc) is 3.23. The van der Waals surface area contributed by atoms with E-state index in [-0.39, 0.29) is 17.6 Å². The molecule has 2 aromatic heterocycles. The zero-order chi connectivity index (χ0) is 19.2. The van der Waals surface area contributed by atoms with Gasteiger partial charge in [-0.1, -0.05) is 60.3 Å². The fraction of sp³-hybridized carbons (Fsp3) is 0.0500. The molecule has 1 amide bonds. The van der Waals surface area contributed by atoms with E-state index in [2.05, 4.69) is 25.5 Å². The molecule has 0 spiro atoms. The highest BCUT2D eigenvalue weighted by molar-refractivity contribution is 7.99. The number of amides is 1. The molecule has 0 saturated heterocycles. The number of hydrogen-bond donors (Lipinski definition) is 1. The lowest BCUT2D eigenvalue weighted by atomic mass is 10.1. The zero-order valence-electron chi connectivity index (χ0n) is 14.6. The summed E-state index contributed by atoms with van der Waals surface area (Å²) in [5, 5.41) is 11.0. The molecule has 1 N–H and O–H groups in total. The van der Waals surface area contributed by atoms with Gasteiger partial charge in [0, 0.05) is 17.3 Å². The molecule has 0 aliphatic carbocycles. The largest absolute Gasteiger partial charge is 0.411 e. The van der Waals surface area contributed by atoms with Crippen molar-refractivity contribution in [3.63, 3.8) is 0 Å². The first-order chi connectivity index (χ1) is 13.8. The standard InChI is InChI=1S/C20H15N5O2S/c26-17(13-28-20-25-24-18(27-20)15-9-5-2-6-10-15)23-19-21-12-11-16(22-19)14-7-3-1-4-8-14/h1-12H,13H2,(H,21,22,23,26). The molecule has 2 heterocycles. The Hall–Kier alpha value is -3.52. The van der Waals surface area contributed by atoms with Crippen LogP contribution in [0.15, 0.2) is 82.6 Å². The fourth-order valence-electron chi connectivity index (χ4n) is 2.44. The van der Waals surface area contributed by atoms with Crippen molar-refractivity contribution in [2.45, 2.75) is 5.22 Å². The van der Waals surface area contributed by atoms with Crippen LogP contribution in [-0.4, -0.2) is 31.8 Å². The third-order valence-electron chi connectivity index (χ3n) is 3.73. The number of nitrogens with zero attached hydrogens (tertiary/aromatic N) is 4. The highest BCUT2D eigenvalue weighted by Gasteiger charge is 2.12. The summed E-state index contributed by atoms with van der Waals surface area (Å²) in [5.74, 6) is 0.523. The van der Waals surface area contributed by atoms with E-state index in [0.717, 1.165) is 28.6 Å². The van der Waals surface area contributed by atoms with Crippen molar-refractivity contribution >= 4 is 23.6 Å². The van der Waals surface area contributed by atoms with Crippen LogP contribution in [0.3, 0.4) is 0 Å². The van der Waals surface area contributed by atoms with Crippen molar-refractivity contribution in [2.75, 3.05) is 11.1 Å². The van der Waals surface area contributed by atoms with Crippen LogP contribution < -0.4 is 5.32 Å². The van der Waals surface area contributed by atoms with Crippen LogP contribution in [0.4, 0.5) is 5.95 Å². The molecule has 28 heavy (non-hydrogen) atoms. The molecular weight excluding hydrogens is 374 g/mol. The molecule has 4 rings (SSSR count). The van der Waals surface area contributed by atoms with Gasteiger partial charge in [0.05, 0.1) is 11.4 Å². The molecule has 0 fully saturated rings. The molecule has 0 saturated carbocycles. The number of hydrogen-bond acceptors (Lipinski definition) is 7. The third kappa shape index (κ3) is 4.41. The zero-order valence-corrected chi connectivity index (χ0v) is 15.5. The topological polar surface area (TPSA) is 93.8 Å². The molecule has 0 unspecified atom stereocenters. The van der Waals surface area contributed by atoms with Gasteiger partial charge in [-0.2, -0.15) is 0 Å². The van der Waals surface area contributed by atoms with Crippen LogP contribution in [-0.2, 0) is 4.79 Å². The highest BCUT2D eigenvalue weighted by atomic mass is 32.2. The van der Waals surface area contributed by atoms with Crippen LogP contribution in [0.1, 0.15) is 0 Å². The van der Waals surface area contributed by atoms with Gasteiger partial charge in [-0.25, -0.2) is 9.97 Å². The molecule has 4 aromatic rings. The van der Waals surface area contributed by atoms with Gasteiger partial charge in [-0.15, -0.1) is 10.2 Å². The number of aromatic nitrogens is 4. The van der Waals surface area contributed by atoms with E-state index in [9.17, 15) is 4.79 Å². The van der Waals surface area contributed by atoms with Gasteiger partial charge in [0.1, 0.15) is 0 Å². The molecular formula is C20H15N5O2S. The predicted octanol–water partition coefficient (Wildman–Crippen LogP) is 3.92. The second-order valence-electron chi connectivity index (χ2n) is 5.71. The molecule has 8 heteroatoms. The predicted molar refractivity (Wildman–Crippen MR) is 107 cm³/mol. The smallest absolute Gasteiger partial charge is 0.277 e. The lowest BCUT2D eigenvalue weighted by molar-refractivity contribution is -0.113. The van der Waals surface area contributed by atoms with Crippen LogP contribution in [0.25, 0.3) is 22.7 Å². The Bertz CT molecular complexity index is 1070. The Morgan fingerprint density at radius 1 is 0.929 bits per heavy atom. The summed E-state index contributed by atoms with van der Waals surface area (Å²) < 4.78 is 5.58. The minimum Gasteiger partial charge on any atom is -0.411 e. The van der Waals surface area contributed by atoms with E-state index in [1.165, 1.54) is 0 Å². The van der Waals surface area contributed by atoms with Gasteiger partial charge in [0.25, 0.3) is 5.22 Å². The maximum Gasteiger partial charge on any atom is 0.277 e. The molecule has 0 atom stereocenters. The third-order valence-corrected chi connectivity index (χ3v) is 4.55. The molecule has 0 aliphatic rings. The van der Waals surface area contributed by atoms with Gasteiger partial charge in [-0.3, -0.25) is 10.1 Å². The van der Waals surface area contributed by atoms with Crippen molar-refractivity contribution in [2.24, 2.45) is 0 Å². The summed E-state index contributed by atoms with van der Waals surface area (Å²) in [5.41, 5.74) is 2.52. The maximum absolute atomic E-state index is 12.2. The van der Waals surface area contributed by atoms with Crippen LogP contribution in [0.5, 0.6) is 0 Å². The second kappa shape index (κ2) is 8.45. The van der Waals surface area contributed by atoms with E-state index >= 15 is 0 Å².